The fourth-order valence-corrected chi connectivity index (χ4v) is 5.39. The molecule has 0 spiro atoms. The van der Waals surface area contributed by atoms with Crippen molar-refractivity contribution in [2.24, 2.45) is 0 Å². The van der Waals surface area contributed by atoms with Crippen LogP contribution in [-0.2, 0) is 16.2 Å². The Kier molecular flexibility index (Phi) is 4.75. The van der Waals surface area contributed by atoms with Crippen LogP contribution in [0.4, 0.5) is 13.2 Å². The third kappa shape index (κ3) is 3.33. The highest BCUT2D eigenvalue weighted by molar-refractivity contribution is 7.89. The summed E-state index contributed by atoms with van der Waals surface area (Å²) in [5.74, 6) is 0.768. The average molecular weight is 413 g/mol. The SMILES string of the molecule is O=S(=O)(c1ccc2c(c1)OCCO2)N1CCCC1c1ccccc1C(F)(F)F. The van der Waals surface area contributed by atoms with Gasteiger partial charge in [0.2, 0.25) is 10.0 Å². The number of ether oxygens (including phenoxy) is 2. The van der Waals surface area contributed by atoms with E-state index in [0.29, 0.717) is 37.6 Å². The molecule has 1 fully saturated rings. The molecule has 0 bridgehead atoms. The van der Waals surface area contributed by atoms with E-state index in [1.54, 1.807) is 0 Å². The molecule has 9 heteroatoms. The molecule has 2 aromatic carbocycles. The molecule has 0 aliphatic carbocycles. The normalized spacial score (nSPS) is 20.3. The van der Waals surface area contributed by atoms with Gasteiger partial charge in [-0.05, 0) is 36.6 Å². The van der Waals surface area contributed by atoms with Crippen LogP contribution in [0.15, 0.2) is 47.4 Å². The van der Waals surface area contributed by atoms with Gasteiger partial charge in [0.05, 0.1) is 16.5 Å². The first-order valence-electron chi connectivity index (χ1n) is 8.86. The maximum Gasteiger partial charge on any atom is 0.416 e. The molecule has 2 heterocycles. The van der Waals surface area contributed by atoms with Crippen LogP contribution in [0, 0.1) is 0 Å². The van der Waals surface area contributed by atoms with Gasteiger partial charge >= 0.3 is 6.18 Å². The first kappa shape index (κ1) is 19.1. The molecule has 5 nitrogen and oxygen atoms in total. The summed E-state index contributed by atoms with van der Waals surface area (Å²) in [5.41, 5.74) is -0.821. The topological polar surface area (TPSA) is 55.8 Å². The van der Waals surface area contributed by atoms with Crippen LogP contribution in [-0.4, -0.2) is 32.5 Å². The van der Waals surface area contributed by atoms with Crippen LogP contribution in [0.1, 0.15) is 30.0 Å². The molecular formula is C19H18F3NO4S. The number of hydrogen-bond acceptors (Lipinski definition) is 4. The van der Waals surface area contributed by atoms with Gasteiger partial charge in [0.15, 0.2) is 11.5 Å². The average Bonchev–Trinajstić information content (AvgIpc) is 3.17. The van der Waals surface area contributed by atoms with Gasteiger partial charge in [-0.15, -0.1) is 0 Å². The smallest absolute Gasteiger partial charge is 0.416 e. The largest absolute Gasteiger partial charge is 0.486 e. The summed E-state index contributed by atoms with van der Waals surface area (Å²) < 4.78 is 78.7. The molecule has 4 rings (SSSR count). The zero-order valence-corrected chi connectivity index (χ0v) is 15.6. The van der Waals surface area contributed by atoms with Crippen LogP contribution in [0.5, 0.6) is 11.5 Å². The summed E-state index contributed by atoms with van der Waals surface area (Å²) in [7, 11) is -4.00. The summed E-state index contributed by atoms with van der Waals surface area (Å²) in [6, 6.07) is 8.56. The lowest BCUT2D eigenvalue weighted by molar-refractivity contribution is -0.138. The van der Waals surface area contributed by atoms with Gasteiger partial charge in [0.1, 0.15) is 13.2 Å². The second kappa shape index (κ2) is 6.97. The van der Waals surface area contributed by atoms with Gasteiger partial charge in [0.25, 0.3) is 0 Å². The van der Waals surface area contributed by atoms with Gasteiger partial charge < -0.3 is 9.47 Å². The summed E-state index contributed by atoms with van der Waals surface area (Å²) in [4.78, 5) is -0.0202. The fraction of sp³-hybridized carbons (Fsp3) is 0.368. The molecule has 28 heavy (non-hydrogen) atoms. The molecule has 2 aliphatic heterocycles. The number of nitrogens with zero attached hydrogens (tertiary/aromatic N) is 1. The predicted octanol–water partition coefficient (Wildman–Crippen LogP) is 4.00. The van der Waals surface area contributed by atoms with Crippen LogP contribution in [0.25, 0.3) is 0 Å². The van der Waals surface area contributed by atoms with E-state index in [1.165, 1.54) is 36.4 Å². The molecule has 1 atom stereocenters. The van der Waals surface area contributed by atoms with Crippen LogP contribution < -0.4 is 9.47 Å². The molecule has 0 aromatic heterocycles. The van der Waals surface area contributed by atoms with Crippen molar-refractivity contribution >= 4 is 10.0 Å². The molecule has 1 saturated heterocycles. The fourth-order valence-electron chi connectivity index (χ4n) is 3.70. The molecule has 2 aliphatic rings. The summed E-state index contributed by atoms with van der Waals surface area (Å²) in [6.07, 6.45) is -3.73. The second-order valence-electron chi connectivity index (χ2n) is 6.66. The molecular weight excluding hydrogens is 395 g/mol. The summed E-state index contributed by atoms with van der Waals surface area (Å²) in [5, 5.41) is 0. The molecule has 0 N–H and O–H groups in total. The summed E-state index contributed by atoms with van der Waals surface area (Å²) in [6.45, 7) is 0.844. The van der Waals surface area contributed by atoms with Crippen LogP contribution in [0.3, 0.4) is 0 Å². The Morgan fingerprint density at radius 2 is 1.71 bits per heavy atom. The lowest BCUT2D eigenvalue weighted by atomic mass is 9.99. The highest BCUT2D eigenvalue weighted by Gasteiger charge is 2.41. The third-order valence-corrected chi connectivity index (χ3v) is 6.85. The molecule has 0 radical (unpaired) electrons. The van der Waals surface area contributed by atoms with E-state index in [-0.39, 0.29) is 17.0 Å². The monoisotopic (exact) mass is 413 g/mol. The van der Waals surface area contributed by atoms with Crippen molar-refractivity contribution in [3.05, 3.63) is 53.6 Å². The first-order valence-corrected chi connectivity index (χ1v) is 10.3. The number of fused-ring (bicyclic) bond motifs is 1. The minimum absolute atomic E-state index is 0.0198. The molecule has 0 saturated carbocycles. The van der Waals surface area contributed by atoms with E-state index < -0.39 is 27.8 Å². The van der Waals surface area contributed by atoms with Crippen molar-refractivity contribution in [2.75, 3.05) is 19.8 Å². The molecule has 2 aromatic rings. The summed E-state index contributed by atoms with van der Waals surface area (Å²) >= 11 is 0. The number of hydrogen-bond donors (Lipinski definition) is 0. The third-order valence-electron chi connectivity index (χ3n) is 4.95. The Bertz CT molecular complexity index is 991. The van der Waals surface area contributed by atoms with Gasteiger partial charge in [-0.25, -0.2) is 8.42 Å². The van der Waals surface area contributed by atoms with E-state index in [0.717, 1.165) is 10.4 Å². The molecule has 0 amide bonds. The minimum atomic E-state index is -4.55. The van der Waals surface area contributed by atoms with E-state index in [9.17, 15) is 21.6 Å². The number of halogens is 3. The highest BCUT2D eigenvalue weighted by atomic mass is 32.2. The van der Waals surface area contributed by atoms with Crippen molar-refractivity contribution in [3.8, 4) is 11.5 Å². The lowest BCUT2D eigenvalue weighted by Crippen LogP contribution is -2.32. The van der Waals surface area contributed by atoms with Crippen molar-refractivity contribution in [3.63, 3.8) is 0 Å². The Morgan fingerprint density at radius 1 is 1.00 bits per heavy atom. The lowest BCUT2D eigenvalue weighted by Gasteiger charge is -2.27. The van der Waals surface area contributed by atoms with E-state index in [1.807, 2.05) is 0 Å². The maximum absolute atomic E-state index is 13.4. The molecule has 150 valence electrons. The van der Waals surface area contributed by atoms with Crippen LogP contribution >= 0.6 is 0 Å². The quantitative estimate of drug-likeness (QED) is 0.763. The van der Waals surface area contributed by atoms with Gasteiger partial charge in [0, 0.05) is 12.6 Å². The van der Waals surface area contributed by atoms with Gasteiger partial charge in [-0.2, -0.15) is 17.5 Å². The van der Waals surface area contributed by atoms with E-state index in [4.69, 9.17) is 9.47 Å². The Balaban J connectivity index is 1.73. The minimum Gasteiger partial charge on any atom is -0.486 e. The van der Waals surface area contributed by atoms with Crippen LogP contribution in [0.2, 0.25) is 0 Å². The number of sulfonamides is 1. The first-order chi connectivity index (χ1) is 13.3. The number of rotatable bonds is 3. The maximum atomic E-state index is 13.4. The van der Waals surface area contributed by atoms with E-state index in [2.05, 4.69) is 0 Å². The Hall–Kier alpha value is -2.26. The second-order valence-corrected chi connectivity index (χ2v) is 8.55. The van der Waals surface area contributed by atoms with E-state index >= 15 is 0 Å². The van der Waals surface area contributed by atoms with Gasteiger partial charge in [-0.1, -0.05) is 18.2 Å². The highest BCUT2D eigenvalue weighted by Crippen LogP contribution is 2.43. The number of benzene rings is 2. The Labute approximate surface area is 160 Å². The van der Waals surface area contributed by atoms with Crippen molar-refractivity contribution in [1.82, 2.24) is 4.31 Å². The standard InChI is InChI=1S/C19H18F3NO4S/c20-19(21,22)15-5-2-1-4-14(15)16-6-3-9-23(16)28(24,25)13-7-8-17-18(12-13)27-11-10-26-17/h1-2,4-5,7-8,12,16H,3,6,9-11H2. The molecule has 1 unspecified atom stereocenters. The van der Waals surface area contributed by atoms with Crippen molar-refractivity contribution in [2.45, 2.75) is 30.0 Å². The predicted molar refractivity (Wildman–Crippen MR) is 94.7 cm³/mol. The van der Waals surface area contributed by atoms with Crippen molar-refractivity contribution < 1.29 is 31.1 Å². The zero-order chi connectivity index (χ0) is 19.9. The zero-order valence-electron chi connectivity index (χ0n) is 14.8. The van der Waals surface area contributed by atoms with Gasteiger partial charge in [-0.3, -0.25) is 0 Å². The van der Waals surface area contributed by atoms with Crippen molar-refractivity contribution in [1.29, 1.82) is 0 Å². The Morgan fingerprint density at radius 3 is 2.46 bits per heavy atom. The number of alkyl halides is 3.